The molecule has 8 heteroatoms. The van der Waals surface area contributed by atoms with Crippen LogP contribution < -0.4 is 20.3 Å². The number of hydrogen-bond acceptors (Lipinski definition) is 6. The average Bonchev–Trinajstić information content (AvgIpc) is 2.95. The largest absolute Gasteiger partial charge is 0.490 e. The van der Waals surface area contributed by atoms with Gasteiger partial charge in [-0.1, -0.05) is 11.6 Å². The second kappa shape index (κ2) is 12.2. The predicted octanol–water partition coefficient (Wildman–Crippen LogP) is 4.21. The highest BCUT2D eigenvalue weighted by Gasteiger charge is 2.26. The molecule has 1 amide bonds. The highest BCUT2D eigenvalue weighted by atomic mass is 35.5. The highest BCUT2D eigenvalue weighted by Crippen LogP contribution is 2.27. The van der Waals surface area contributed by atoms with Crippen molar-refractivity contribution in [3.63, 3.8) is 0 Å². The molecule has 3 fully saturated rings. The smallest absolute Gasteiger partial charge is 0.251 e. The number of amides is 1. The second-order valence-electron chi connectivity index (χ2n) is 10.4. The highest BCUT2D eigenvalue weighted by molar-refractivity contribution is 6.31. The number of benzene rings is 2. The van der Waals surface area contributed by atoms with Crippen molar-refractivity contribution in [1.29, 1.82) is 5.26 Å². The van der Waals surface area contributed by atoms with Crippen molar-refractivity contribution in [1.82, 2.24) is 15.5 Å². The molecule has 1 aliphatic carbocycles. The first-order valence-corrected chi connectivity index (χ1v) is 13.9. The van der Waals surface area contributed by atoms with Gasteiger partial charge < -0.3 is 20.3 Å². The Morgan fingerprint density at radius 1 is 0.973 bits per heavy atom. The maximum absolute atomic E-state index is 12.9. The number of anilines is 1. The first-order chi connectivity index (χ1) is 18.1. The van der Waals surface area contributed by atoms with Crippen LogP contribution in [0.5, 0.6) is 5.75 Å². The maximum atomic E-state index is 12.9. The van der Waals surface area contributed by atoms with E-state index >= 15 is 0 Å². The fourth-order valence-electron chi connectivity index (χ4n) is 5.79. The number of piperazine rings is 1. The number of nitrogens with one attached hydrogen (secondary N) is 2. The second-order valence-corrected chi connectivity index (χ2v) is 10.8. The summed E-state index contributed by atoms with van der Waals surface area (Å²) in [6.45, 7) is 6.56. The molecule has 2 aliphatic heterocycles. The van der Waals surface area contributed by atoms with Crippen LogP contribution in [0.3, 0.4) is 0 Å². The van der Waals surface area contributed by atoms with Crippen molar-refractivity contribution in [2.45, 2.75) is 56.7 Å². The summed E-state index contributed by atoms with van der Waals surface area (Å²) >= 11 is 6.12. The molecule has 2 heterocycles. The van der Waals surface area contributed by atoms with Gasteiger partial charge in [-0.2, -0.15) is 5.26 Å². The summed E-state index contributed by atoms with van der Waals surface area (Å²) in [5.41, 5.74) is 2.36. The molecular formula is C29H36ClN5O2. The third-order valence-corrected chi connectivity index (χ3v) is 8.32. The van der Waals surface area contributed by atoms with Crippen molar-refractivity contribution >= 4 is 23.2 Å². The Kier molecular flexibility index (Phi) is 8.50. The zero-order valence-electron chi connectivity index (χ0n) is 21.3. The van der Waals surface area contributed by atoms with Gasteiger partial charge in [0.2, 0.25) is 0 Å². The van der Waals surface area contributed by atoms with Crippen LogP contribution in [0.15, 0.2) is 42.5 Å². The van der Waals surface area contributed by atoms with Crippen LogP contribution in [0.25, 0.3) is 0 Å². The minimum atomic E-state index is -0.00878. The molecule has 2 aromatic carbocycles. The molecule has 1 saturated carbocycles. The van der Waals surface area contributed by atoms with E-state index in [0.717, 1.165) is 71.0 Å². The average molecular weight is 522 g/mol. The minimum absolute atomic E-state index is 0.00878. The third kappa shape index (κ3) is 6.56. The molecule has 0 atom stereocenters. The summed E-state index contributed by atoms with van der Waals surface area (Å²) in [7, 11) is 0. The lowest BCUT2D eigenvalue weighted by Gasteiger charge is -2.41. The molecule has 0 unspecified atom stereocenters. The standard InChI is InChI=1S/C29H36ClN5O2/c30-28-19-27(8-3-22(28)20-31)37-26-9-4-23(5-10-26)33-29(36)21-1-6-24(7-2-21)34-15-17-35(18-16-34)25-11-13-32-14-12-25/h1-3,6-8,19,23,25-26,32H,4-5,9-18H2,(H,33,36). The Hall–Kier alpha value is -2.79. The number of nitrogens with zero attached hydrogens (tertiary/aromatic N) is 3. The molecular weight excluding hydrogens is 486 g/mol. The zero-order valence-corrected chi connectivity index (χ0v) is 22.1. The minimum Gasteiger partial charge on any atom is -0.490 e. The SMILES string of the molecule is N#Cc1ccc(OC2CCC(NC(=O)c3ccc(N4CCN(C5CCNCC5)CC4)cc3)CC2)cc1Cl. The van der Waals surface area contributed by atoms with E-state index in [2.05, 4.69) is 38.6 Å². The van der Waals surface area contributed by atoms with E-state index in [0.29, 0.717) is 21.9 Å². The summed E-state index contributed by atoms with van der Waals surface area (Å²) < 4.78 is 6.07. The van der Waals surface area contributed by atoms with Crippen LogP contribution in [0.2, 0.25) is 5.02 Å². The number of ether oxygens (including phenoxy) is 1. The van der Waals surface area contributed by atoms with Gasteiger partial charge in [-0.3, -0.25) is 9.69 Å². The number of carbonyl (C=O) groups is 1. The van der Waals surface area contributed by atoms with Crippen LogP contribution in [-0.2, 0) is 0 Å². The van der Waals surface area contributed by atoms with Crippen molar-refractivity contribution in [2.75, 3.05) is 44.2 Å². The maximum Gasteiger partial charge on any atom is 0.251 e. The number of rotatable bonds is 6. The number of carbonyl (C=O) groups excluding carboxylic acids is 1. The van der Waals surface area contributed by atoms with Gasteiger partial charge in [0.1, 0.15) is 11.8 Å². The Morgan fingerprint density at radius 2 is 1.68 bits per heavy atom. The monoisotopic (exact) mass is 521 g/mol. The van der Waals surface area contributed by atoms with Gasteiger partial charge in [-0.15, -0.1) is 0 Å². The fraction of sp³-hybridized carbons (Fsp3) is 0.517. The summed E-state index contributed by atoms with van der Waals surface area (Å²) in [5, 5.41) is 16.1. The number of piperidine rings is 1. The van der Waals surface area contributed by atoms with Gasteiger partial charge in [0.25, 0.3) is 5.91 Å². The molecule has 7 nitrogen and oxygen atoms in total. The first kappa shape index (κ1) is 25.8. The van der Waals surface area contributed by atoms with Gasteiger partial charge in [-0.25, -0.2) is 0 Å². The summed E-state index contributed by atoms with van der Waals surface area (Å²) in [5.74, 6) is 0.676. The molecule has 2 saturated heterocycles. The van der Waals surface area contributed by atoms with Gasteiger partial charge in [-0.05, 0) is 88.0 Å². The fourth-order valence-corrected chi connectivity index (χ4v) is 6.00. The van der Waals surface area contributed by atoms with E-state index in [4.69, 9.17) is 21.6 Å². The molecule has 2 aromatic rings. The summed E-state index contributed by atoms with van der Waals surface area (Å²) in [6.07, 6.45) is 6.08. The van der Waals surface area contributed by atoms with Crippen LogP contribution in [0.4, 0.5) is 5.69 Å². The van der Waals surface area contributed by atoms with Crippen molar-refractivity contribution in [3.05, 3.63) is 58.6 Å². The van der Waals surface area contributed by atoms with E-state index in [1.54, 1.807) is 18.2 Å². The molecule has 5 rings (SSSR count). The van der Waals surface area contributed by atoms with Crippen molar-refractivity contribution < 1.29 is 9.53 Å². The summed E-state index contributed by atoms with van der Waals surface area (Å²) in [4.78, 5) is 18.0. The normalized spacial score (nSPS) is 23.3. The predicted molar refractivity (Wildman–Crippen MR) is 146 cm³/mol. The molecule has 196 valence electrons. The Morgan fingerprint density at radius 3 is 2.32 bits per heavy atom. The molecule has 0 spiro atoms. The molecule has 0 aromatic heterocycles. The molecule has 2 N–H and O–H groups in total. The quantitative estimate of drug-likeness (QED) is 0.593. The Labute approximate surface area is 224 Å². The number of halogens is 1. The van der Waals surface area contributed by atoms with Gasteiger partial charge in [0.15, 0.2) is 0 Å². The lowest BCUT2D eigenvalue weighted by molar-refractivity contribution is 0.0894. The molecule has 0 radical (unpaired) electrons. The number of nitriles is 1. The lowest BCUT2D eigenvalue weighted by atomic mass is 9.92. The van der Waals surface area contributed by atoms with E-state index in [-0.39, 0.29) is 18.1 Å². The Bertz CT molecular complexity index is 1100. The first-order valence-electron chi connectivity index (χ1n) is 13.6. The van der Waals surface area contributed by atoms with Crippen molar-refractivity contribution in [3.8, 4) is 11.8 Å². The van der Waals surface area contributed by atoms with E-state index in [1.165, 1.54) is 18.5 Å². The van der Waals surface area contributed by atoms with Crippen molar-refractivity contribution in [2.24, 2.45) is 0 Å². The molecule has 0 bridgehead atoms. The topological polar surface area (TPSA) is 80.6 Å². The Balaban J connectivity index is 1.06. The van der Waals surface area contributed by atoms with E-state index in [1.807, 2.05) is 12.1 Å². The van der Waals surface area contributed by atoms with Crippen LogP contribution in [-0.4, -0.2) is 68.3 Å². The number of hydrogen-bond donors (Lipinski definition) is 2. The van der Waals surface area contributed by atoms with Crippen LogP contribution in [0, 0.1) is 11.3 Å². The van der Waals surface area contributed by atoms with E-state index in [9.17, 15) is 4.79 Å². The molecule has 37 heavy (non-hydrogen) atoms. The van der Waals surface area contributed by atoms with E-state index < -0.39 is 0 Å². The third-order valence-electron chi connectivity index (χ3n) is 8.01. The van der Waals surface area contributed by atoms with Crippen LogP contribution in [0.1, 0.15) is 54.4 Å². The van der Waals surface area contributed by atoms with Gasteiger partial charge in [0.05, 0.1) is 16.7 Å². The van der Waals surface area contributed by atoms with Gasteiger partial charge >= 0.3 is 0 Å². The zero-order chi connectivity index (χ0) is 25.6. The van der Waals surface area contributed by atoms with Crippen LogP contribution >= 0.6 is 11.6 Å². The van der Waals surface area contributed by atoms with Gasteiger partial charge in [0, 0.05) is 55.6 Å². The summed E-state index contributed by atoms with van der Waals surface area (Å²) in [6, 6.07) is 16.2. The molecule has 3 aliphatic rings. The lowest BCUT2D eigenvalue weighted by Crippen LogP contribution is -2.52.